The van der Waals surface area contributed by atoms with Gasteiger partial charge in [0.2, 0.25) is 23.6 Å². The summed E-state index contributed by atoms with van der Waals surface area (Å²) in [4.78, 5) is 72.2. The normalized spacial score (nSPS) is 19.3. The van der Waals surface area contributed by atoms with E-state index in [9.17, 15) is 33.9 Å². The molecule has 0 radical (unpaired) electrons. The van der Waals surface area contributed by atoms with Crippen molar-refractivity contribution >= 4 is 35.6 Å². The number of likely N-dealkylation sites (tertiary alicyclic amines) is 1. The third kappa shape index (κ3) is 7.77. The molecular weight excluding hydrogens is 430 g/mol. The van der Waals surface area contributed by atoms with Crippen molar-refractivity contribution in [3.63, 3.8) is 0 Å². The molecule has 0 bridgehead atoms. The van der Waals surface area contributed by atoms with Crippen LogP contribution in [0.2, 0.25) is 0 Å². The van der Waals surface area contributed by atoms with E-state index >= 15 is 0 Å². The molecule has 1 heterocycles. The third-order valence-corrected chi connectivity index (χ3v) is 4.95. The van der Waals surface area contributed by atoms with E-state index < -0.39 is 72.3 Å². The zero-order valence-electron chi connectivity index (χ0n) is 17.5. The Kier molecular flexibility index (Phi) is 10.00. The van der Waals surface area contributed by atoms with Gasteiger partial charge in [0, 0.05) is 13.0 Å². The second-order valence-corrected chi connectivity index (χ2v) is 7.52. The van der Waals surface area contributed by atoms with Gasteiger partial charge in [-0.3, -0.25) is 24.0 Å². The molecule has 1 rings (SSSR count). The molecule has 9 N–H and O–H groups in total. The van der Waals surface area contributed by atoms with E-state index in [1.165, 1.54) is 11.8 Å². The summed E-state index contributed by atoms with van der Waals surface area (Å²) in [5.74, 6) is -6.26. The molecule has 1 aliphatic rings. The van der Waals surface area contributed by atoms with Crippen LogP contribution in [0.1, 0.15) is 39.0 Å². The lowest BCUT2D eigenvalue weighted by Gasteiger charge is -2.29. The maximum absolute atomic E-state index is 12.8. The summed E-state index contributed by atoms with van der Waals surface area (Å²) in [5, 5.41) is 31.8. The molecule has 0 saturated carbocycles. The minimum absolute atomic E-state index is 0.204. The van der Waals surface area contributed by atoms with Crippen LogP contribution in [-0.2, 0) is 28.8 Å². The van der Waals surface area contributed by atoms with Gasteiger partial charge in [0.25, 0.3) is 0 Å². The van der Waals surface area contributed by atoms with Crippen LogP contribution >= 0.6 is 0 Å². The van der Waals surface area contributed by atoms with Gasteiger partial charge < -0.3 is 42.3 Å². The molecule has 1 aliphatic heterocycles. The van der Waals surface area contributed by atoms with Crippen LogP contribution in [0.25, 0.3) is 0 Å². The zero-order chi connectivity index (χ0) is 24.6. The van der Waals surface area contributed by atoms with Crippen LogP contribution in [-0.4, -0.2) is 92.6 Å². The molecule has 4 amide bonds. The molecule has 0 aromatic rings. The van der Waals surface area contributed by atoms with Crippen molar-refractivity contribution in [3.8, 4) is 0 Å². The number of hydrogen-bond acceptors (Lipinski definition) is 8. The highest BCUT2D eigenvalue weighted by Crippen LogP contribution is 2.19. The van der Waals surface area contributed by atoms with Gasteiger partial charge in [-0.15, -0.1) is 0 Å². The minimum atomic E-state index is -1.76. The molecule has 14 heteroatoms. The number of carbonyl (C=O) groups excluding carboxylic acids is 4. The minimum Gasteiger partial charge on any atom is -0.481 e. The molecule has 0 aromatic heterocycles. The Morgan fingerprint density at radius 1 is 1.09 bits per heavy atom. The van der Waals surface area contributed by atoms with E-state index in [0.29, 0.717) is 6.42 Å². The van der Waals surface area contributed by atoms with Crippen molar-refractivity contribution in [2.24, 2.45) is 11.5 Å². The van der Waals surface area contributed by atoms with E-state index in [4.69, 9.17) is 21.7 Å². The molecule has 5 atom stereocenters. The number of nitrogens with two attached hydrogens (primary N) is 2. The van der Waals surface area contributed by atoms with E-state index in [2.05, 4.69) is 5.32 Å². The topological polar surface area (TPSA) is 242 Å². The van der Waals surface area contributed by atoms with Gasteiger partial charge in [0.15, 0.2) is 0 Å². The predicted octanol–water partition coefficient (Wildman–Crippen LogP) is -3.52. The molecule has 1 fully saturated rings. The first kappa shape index (κ1) is 26.8. The summed E-state index contributed by atoms with van der Waals surface area (Å²) in [6.07, 6.45) is -1.93. The average molecular weight is 459 g/mol. The maximum atomic E-state index is 12.8. The van der Waals surface area contributed by atoms with Gasteiger partial charge in [-0.2, -0.15) is 0 Å². The van der Waals surface area contributed by atoms with E-state index in [0.717, 1.165) is 0 Å². The number of primary amides is 1. The fourth-order valence-electron chi connectivity index (χ4n) is 3.17. The van der Waals surface area contributed by atoms with Crippen LogP contribution in [0.5, 0.6) is 0 Å². The highest BCUT2D eigenvalue weighted by Gasteiger charge is 2.39. The molecule has 32 heavy (non-hydrogen) atoms. The van der Waals surface area contributed by atoms with Crippen molar-refractivity contribution in [1.29, 1.82) is 0 Å². The summed E-state index contributed by atoms with van der Waals surface area (Å²) in [6.45, 7) is 1.53. The molecule has 5 unspecified atom stereocenters. The zero-order valence-corrected chi connectivity index (χ0v) is 17.5. The SMILES string of the molecule is CC(O)C(N)C(=O)N1CCCC1C(=O)NC(CCC(N)=O)C(=O)NC(CC(=O)O)C(=O)O. The summed E-state index contributed by atoms with van der Waals surface area (Å²) >= 11 is 0. The monoisotopic (exact) mass is 459 g/mol. The highest BCUT2D eigenvalue weighted by molar-refractivity contribution is 5.95. The molecule has 0 aliphatic carbocycles. The number of nitrogens with one attached hydrogen (secondary N) is 2. The lowest BCUT2D eigenvalue weighted by molar-refractivity contribution is -0.147. The molecule has 0 spiro atoms. The maximum Gasteiger partial charge on any atom is 0.326 e. The van der Waals surface area contributed by atoms with Crippen molar-refractivity contribution in [1.82, 2.24) is 15.5 Å². The van der Waals surface area contributed by atoms with E-state index in [-0.39, 0.29) is 25.8 Å². The predicted molar refractivity (Wildman–Crippen MR) is 107 cm³/mol. The number of aliphatic carboxylic acids is 2. The lowest BCUT2D eigenvalue weighted by atomic mass is 10.1. The number of nitrogens with zero attached hydrogens (tertiary/aromatic N) is 1. The van der Waals surface area contributed by atoms with Crippen LogP contribution < -0.4 is 22.1 Å². The summed E-state index contributed by atoms with van der Waals surface area (Å²) in [7, 11) is 0. The largest absolute Gasteiger partial charge is 0.481 e. The molecule has 0 aromatic carbocycles. The Morgan fingerprint density at radius 3 is 2.22 bits per heavy atom. The van der Waals surface area contributed by atoms with Crippen LogP contribution in [0.4, 0.5) is 0 Å². The quantitative estimate of drug-likeness (QED) is 0.152. The first-order valence-corrected chi connectivity index (χ1v) is 9.92. The summed E-state index contributed by atoms with van der Waals surface area (Å²) in [6, 6.07) is -5.41. The van der Waals surface area contributed by atoms with E-state index in [1.54, 1.807) is 0 Å². The van der Waals surface area contributed by atoms with Crippen molar-refractivity contribution in [3.05, 3.63) is 0 Å². The molecule has 180 valence electrons. The number of hydrogen-bond donors (Lipinski definition) is 7. The van der Waals surface area contributed by atoms with Crippen molar-refractivity contribution in [2.45, 2.75) is 69.3 Å². The smallest absolute Gasteiger partial charge is 0.326 e. The number of aliphatic hydroxyl groups excluding tert-OH is 1. The Morgan fingerprint density at radius 2 is 1.72 bits per heavy atom. The van der Waals surface area contributed by atoms with Gasteiger partial charge in [0.1, 0.15) is 24.2 Å². The van der Waals surface area contributed by atoms with Crippen LogP contribution in [0.15, 0.2) is 0 Å². The Bertz CT molecular complexity index is 757. The van der Waals surface area contributed by atoms with Gasteiger partial charge in [-0.25, -0.2) is 4.79 Å². The number of amides is 4. The lowest BCUT2D eigenvalue weighted by Crippen LogP contribution is -2.57. The van der Waals surface area contributed by atoms with Crippen LogP contribution in [0.3, 0.4) is 0 Å². The fraction of sp³-hybridized carbons (Fsp3) is 0.667. The molecule has 14 nitrogen and oxygen atoms in total. The van der Waals surface area contributed by atoms with Gasteiger partial charge in [-0.05, 0) is 26.2 Å². The number of aliphatic hydroxyl groups is 1. The first-order valence-electron chi connectivity index (χ1n) is 9.92. The van der Waals surface area contributed by atoms with Crippen LogP contribution in [0, 0.1) is 0 Å². The first-order chi connectivity index (χ1) is 14.8. The number of carbonyl (C=O) groups is 6. The second-order valence-electron chi connectivity index (χ2n) is 7.52. The fourth-order valence-corrected chi connectivity index (χ4v) is 3.17. The van der Waals surface area contributed by atoms with Gasteiger partial charge in [0.05, 0.1) is 12.5 Å². The standard InChI is InChI=1S/C18H29N5O9/c1-8(24)14(20)17(30)23-6-2-3-11(23)16(29)21-9(4-5-12(19)25)15(28)22-10(18(31)32)7-13(26)27/h8-11,14,24H,2-7,20H2,1H3,(H2,19,25)(H,21,29)(H,22,28)(H,26,27)(H,31,32). The molecule has 1 saturated heterocycles. The number of carboxylic acids is 2. The third-order valence-electron chi connectivity index (χ3n) is 4.95. The van der Waals surface area contributed by atoms with Crippen molar-refractivity contribution in [2.75, 3.05) is 6.54 Å². The van der Waals surface area contributed by atoms with Crippen molar-refractivity contribution < 1.29 is 44.1 Å². The Labute approximate surface area is 183 Å². The second kappa shape index (κ2) is 12.0. The summed E-state index contributed by atoms with van der Waals surface area (Å²) in [5.41, 5.74) is 10.8. The average Bonchev–Trinajstić information content (AvgIpc) is 3.18. The highest BCUT2D eigenvalue weighted by atomic mass is 16.4. The van der Waals surface area contributed by atoms with E-state index in [1.807, 2.05) is 5.32 Å². The Hall–Kier alpha value is -3.26. The number of carboxylic acid groups (broad SMARTS) is 2. The summed E-state index contributed by atoms with van der Waals surface area (Å²) < 4.78 is 0. The van der Waals surface area contributed by atoms with Gasteiger partial charge >= 0.3 is 11.9 Å². The Balaban J connectivity index is 2.96. The number of rotatable bonds is 12. The molecular formula is C18H29N5O9. The van der Waals surface area contributed by atoms with Gasteiger partial charge in [-0.1, -0.05) is 0 Å².